The average molecular weight is 442 g/mol. The molecule has 1 N–H and O–H groups in total. The van der Waals surface area contributed by atoms with Gasteiger partial charge in [0, 0.05) is 42.5 Å². The number of carbonyl (C=O) groups excluding carboxylic acids is 1. The molecule has 2 amide bonds. The molecule has 1 aromatic carbocycles. The Bertz CT molecular complexity index is 797. The van der Waals surface area contributed by atoms with Gasteiger partial charge in [0.15, 0.2) is 0 Å². The highest BCUT2D eigenvalue weighted by molar-refractivity contribution is 7.87. The number of rotatable bonds is 10. The van der Waals surface area contributed by atoms with Crippen LogP contribution < -0.4 is 14.4 Å². The van der Waals surface area contributed by atoms with Crippen LogP contribution in [-0.2, 0) is 16.7 Å². The molecule has 0 radical (unpaired) electrons. The predicted octanol–water partition coefficient (Wildman–Crippen LogP) is 4.23. The summed E-state index contributed by atoms with van der Waals surface area (Å²) in [5, 5.41) is 2.99. The molecular formula is C22H39N3O4S. The van der Waals surface area contributed by atoms with Gasteiger partial charge in [-0.2, -0.15) is 8.42 Å². The van der Waals surface area contributed by atoms with Gasteiger partial charge in [-0.3, -0.25) is 0 Å². The van der Waals surface area contributed by atoms with Crippen LogP contribution >= 0.6 is 0 Å². The molecule has 0 aromatic heterocycles. The smallest absolute Gasteiger partial charge is 0.318 e. The van der Waals surface area contributed by atoms with Gasteiger partial charge in [-0.25, -0.2) is 4.79 Å². The molecular weight excluding hydrogens is 402 g/mol. The minimum Gasteiger partial charge on any atom is -0.382 e. The lowest BCUT2D eigenvalue weighted by Crippen LogP contribution is -2.49. The Balaban J connectivity index is 3.34. The van der Waals surface area contributed by atoms with Crippen molar-refractivity contribution in [3.63, 3.8) is 0 Å². The third-order valence-electron chi connectivity index (χ3n) is 4.47. The van der Waals surface area contributed by atoms with Crippen LogP contribution in [0.25, 0.3) is 0 Å². The van der Waals surface area contributed by atoms with E-state index < -0.39 is 10.1 Å². The zero-order chi connectivity index (χ0) is 23.1. The van der Waals surface area contributed by atoms with Crippen LogP contribution in [0.3, 0.4) is 0 Å². The number of hydrogen-bond acceptors (Lipinski definition) is 5. The lowest BCUT2D eigenvalue weighted by Gasteiger charge is -2.30. The van der Waals surface area contributed by atoms with E-state index in [9.17, 15) is 13.2 Å². The van der Waals surface area contributed by atoms with Gasteiger partial charge < -0.3 is 19.3 Å². The van der Waals surface area contributed by atoms with Crippen molar-refractivity contribution in [2.24, 2.45) is 5.92 Å². The monoisotopic (exact) mass is 441 g/mol. The van der Waals surface area contributed by atoms with Crippen LogP contribution in [0.15, 0.2) is 18.2 Å². The van der Waals surface area contributed by atoms with E-state index in [0.29, 0.717) is 12.1 Å². The van der Waals surface area contributed by atoms with Crippen molar-refractivity contribution < 1.29 is 17.4 Å². The van der Waals surface area contributed by atoms with E-state index in [4.69, 9.17) is 4.18 Å². The molecule has 0 aliphatic heterocycles. The normalized spacial score (nSPS) is 12.0. The summed E-state index contributed by atoms with van der Waals surface area (Å²) in [4.78, 5) is 16.7. The third kappa shape index (κ3) is 8.42. The zero-order valence-corrected chi connectivity index (χ0v) is 20.6. The molecule has 0 aliphatic rings. The number of hydrogen-bond donors (Lipinski definition) is 1. The predicted molar refractivity (Wildman–Crippen MR) is 124 cm³/mol. The van der Waals surface area contributed by atoms with Gasteiger partial charge in [-0.15, -0.1) is 0 Å². The highest BCUT2D eigenvalue weighted by atomic mass is 32.2. The molecule has 0 unspecified atom stereocenters. The summed E-state index contributed by atoms with van der Waals surface area (Å²) in [5.41, 5.74) is 1.18. The molecule has 7 nitrogen and oxygen atoms in total. The number of urea groups is 1. The standard InChI is InChI=1S/C22H39N3O4S/c1-9-24(10-2)19-13-12-18(20(14-19)29-30(27,28)11-3)16-25(15-17(4)5)21(26)23-22(6,7)8/h12-14,17H,9-11,15-16H2,1-8H3,(H,23,26). The van der Waals surface area contributed by atoms with Crippen LogP contribution in [0, 0.1) is 5.92 Å². The van der Waals surface area contributed by atoms with Crippen molar-refractivity contribution in [1.82, 2.24) is 10.2 Å². The first-order chi connectivity index (χ1) is 13.8. The van der Waals surface area contributed by atoms with Crippen LogP contribution in [0.1, 0.15) is 61.0 Å². The number of amides is 2. The molecule has 0 saturated heterocycles. The lowest BCUT2D eigenvalue weighted by molar-refractivity contribution is 0.178. The topological polar surface area (TPSA) is 79.0 Å². The van der Waals surface area contributed by atoms with Crippen LogP contribution in [0.4, 0.5) is 10.5 Å². The number of nitrogens with one attached hydrogen (secondary N) is 1. The van der Waals surface area contributed by atoms with Crippen molar-refractivity contribution in [2.75, 3.05) is 30.3 Å². The minimum atomic E-state index is -3.70. The number of carbonyl (C=O) groups is 1. The fraction of sp³-hybridized carbons (Fsp3) is 0.682. The molecule has 30 heavy (non-hydrogen) atoms. The Morgan fingerprint density at radius 2 is 1.73 bits per heavy atom. The first-order valence-electron chi connectivity index (χ1n) is 10.7. The van der Waals surface area contributed by atoms with Crippen LogP contribution in [0.2, 0.25) is 0 Å². The summed E-state index contributed by atoms with van der Waals surface area (Å²) in [6.45, 7) is 17.9. The molecule has 0 aliphatic carbocycles. The highest BCUT2D eigenvalue weighted by Gasteiger charge is 2.23. The highest BCUT2D eigenvalue weighted by Crippen LogP contribution is 2.29. The van der Waals surface area contributed by atoms with Gasteiger partial charge in [0.05, 0.1) is 12.3 Å². The summed E-state index contributed by atoms with van der Waals surface area (Å²) in [6, 6.07) is 5.37. The number of benzene rings is 1. The van der Waals surface area contributed by atoms with Gasteiger partial charge in [-0.05, 0) is 53.5 Å². The van der Waals surface area contributed by atoms with E-state index >= 15 is 0 Å². The Labute approximate surface area is 182 Å². The van der Waals surface area contributed by atoms with Crippen LogP contribution in [-0.4, -0.2) is 50.3 Å². The van der Waals surface area contributed by atoms with E-state index in [1.54, 1.807) is 17.9 Å². The van der Waals surface area contributed by atoms with E-state index in [-0.39, 0.29) is 35.5 Å². The van der Waals surface area contributed by atoms with Gasteiger partial charge in [0.25, 0.3) is 0 Å². The maximum absolute atomic E-state index is 12.9. The van der Waals surface area contributed by atoms with Crippen molar-refractivity contribution in [2.45, 2.75) is 67.5 Å². The summed E-state index contributed by atoms with van der Waals surface area (Å²) < 4.78 is 29.8. The summed E-state index contributed by atoms with van der Waals surface area (Å²) >= 11 is 0. The van der Waals surface area contributed by atoms with Crippen LogP contribution in [0.5, 0.6) is 5.75 Å². The maximum Gasteiger partial charge on any atom is 0.318 e. The zero-order valence-electron chi connectivity index (χ0n) is 19.8. The maximum atomic E-state index is 12.9. The summed E-state index contributed by atoms with van der Waals surface area (Å²) in [7, 11) is -3.70. The Hall–Kier alpha value is -1.96. The fourth-order valence-electron chi connectivity index (χ4n) is 3.00. The molecule has 0 bridgehead atoms. The van der Waals surface area contributed by atoms with Crippen molar-refractivity contribution in [1.29, 1.82) is 0 Å². The second-order valence-electron chi connectivity index (χ2n) is 8.85. The van der Waals surface area contributed by atoms with Gasteiger partial charge >= 0.3 is 16.1 Å². The van der Waals surface area contributed by atoms with Crippen molar-refractivity contribution in [3.05, 3.63) is 23.8 Å². The quantitative estimate of drug-likeness (QED) is 0.550. The number of anilines is 1. The molecule has 0 fully saturated rings. The second kappa shape index (κ2) is 10.9. The van der Waals surface area contributed by atoms with Gasteiger partial charge in [0.2, 0.25) is 0 Å². The molecule has 0 saturated carbocycles. The van der Waals surface area contributed by atoms with Crippen molar-refractivity contribution >= 4 is 21.8 Å². The molecule has 172 valence electrons. The van der Waals surface area contributed by atoms with E-state index in [2.05, 4.69) is 10.2 Å². The Morgan fingerprint density at radius 3 is 2.20 bits per heavy atom. The summed E-state index contributed by atoms with van der Waals surface area (Å²) in [5.74, 6) is 0.412. The lowest BCUT2D eigenvalue weighted by atomic mass is 10.1. The minimum absolute atomic E-state index is 0.123. The number of nitrogens with zero attached hydrogens (tertiary/aromatic N) is 2. The van der Waals surface area contributed by atoms with Crippen molar-refractivity contribution in [3.8, 4) is 5.75 Å². The molecule has 1 aromatic rings. The van der Waals surface area contributed by atoms with E-state index in [1.165, 1.54) is 0 Å². The third-order valence-corrected chi connectivity index (χ3v) is 5.61. The molecule has 8 heteroatoms. The fourth-order valence-corrected chi connectivity index (χ4v) is 3.54. The molecule has 0 heterocycles. The first kappa shape index (κ1) is 26.1. The molecule has 0 atom stereocenters. The molecule has 0 spiro atoms. The Kier molecular flexibility index (Phi) is 9.46. The van der Waals surface area contributed by atoms with Gasteiger partial charge in [0.1, 0.15) is 5.75 Å². The SMILES string of the molecule is CCN(CC)c1ccc(CN(CC(C)C)C(=O)NC(C)(C)C)c(OS(=O)(=O)CC)c1. The average Bonchev–Trinajstić information content (AvgIpc) is 2.62. The largest absolute Gasteiger partial charge is 0.382 e. The van der Waals surface area contributed by atoms with E-state index in [1.807, 2.05) is 60.6 Å². The summed E-state index contributed by atoms with van der Waals surface area (Å²) in [6.07, 6.45) is 0. The second-order valence-corrected chi connectivity index (χ2v) is 10.7. The molecule has 1 rings (SSSR count). The first-order valence-corrected chi connectivity index (χ1v) is 12.3. The van der Waals surface area contributed by atoms with Gasteiger partial charge in [-0.1, -0.05) is 19.9 Å². The van der Waals surface area contributed by atoms with E-state index in [0.717, 1.165) is 18.8 Å². The Morgan fingerprint density at radius 1 is 1.13 bits per heavy atom.